The maximum atomic E-state index is 12.7. The lowest BCUT2D eigenvalue weighted by Crippen LogP contribution is -2.39. The number of nitrogens with zero attached hydrogens (tertiary/aromatic N) is 5. The molecular weight excluding hydrogens is 328 g/mol. The first-order valence-electron chi connectivity index (χ1n) is 9.58. The van der Waals surface area contributed by atoms with E-state index in [9.17, 15) is 4.79 Å². The number of aromatic amines is 1. The second-order valence-electron chi connectivity index (χ2n) is 7.85. The van der Waals surface area contributed by atoms with Gasteiger partial charge in [-0.15, -0.1) is 0 Å². The fraction of sp³-hybridized carbons (Fsp3) is 0.632. The van der Waals surface area contributed by atoms with Crippen molar-refractivity contribution in [2.45, 2.75) is 46.2 Å². The molecule has 140 valence electrons. The SMILES string of the molecule is Cc1c(CN2CCc3nc(N4CCCC(C)C4)[nH]c(=O)c3C2)cnn1C. The fourth-order valence-corrected chi connectivity index (χ4v) is 4.07. The summed E-state index contributed by atoms with van der Waals surface area (Å²) in [5.74, 6) is 1.42. The summed E-state index contributed by atoms with van der Waals surface area (Å²) in [6, 6.07) is 0. The van der Waals surface area contributed by atoms with Crippen molar-refractivity contribution in [1.29, 1.82) is 0 Å². The second-order valence-corrected chi connectivity index (χ2v) is 7.85. The van der Waals surface area contributed by atoms with E-state index in [4.69, 9.17) is 4.98 Å². The van der Waals surface area contributed by atoms with Gasteiger partial charge in [0.05, 0.1) is 17.5 Å². The molecule has 1 saturated heterocycles. The molecule has 7 nitrogen and oxygen atoms in total. The Kier molecular flexibility index (Phi) is 4.56. The van der Waals surface area contributed by atoms with Gasteiger partial charge in [-0.2, -0.15) is 5.10 Å². The van der Waals surface area contributed by atoms with Gasteiger partial charge in [-0.05, 0) is 25.7 Å². The van der Waals surface area contributed by atoms with Crippen LogP contribution in [0, 0.1) is 12.8 Å². The van der Waals surface area contributed by atoms with Crippen LogP contribution in [-0.4, -0.2) is 44.3 Å². The lowest BCUT2D eigenvalue weighted by molar-refractivity contribution is 0.241. The molecule has 1 fully saturated rings. The van der Waals surface area contributed by atoms with Crippen LogP contribution in [0.5, 0.6) is 0 Å². The number of hydrogen-bond donors (Lipinski definition) is 1. The van der Waals surface area contributed by atoms with E-state index >= 15 is 0 Å². The molecule has 0 aromatic carbocycles. The molecule has 4 rings (SSSR count). The van der Waals surface area contributed by atoms with Gasteiger partial charge in [0.2, 0.25) is 5.95 Å². The third-order valence-electron chi connectivity index (χ3n) is 5.82. The van der Waals surface area contributed by atoms with Crippen molar-refractivity contribution < 1.29 is 0 Å². The van der Waals surface area contributed by atoms with E-state index in [0.717, 1.165) is 49.8 Å². The van der Waals surface area contributed by atoms with E-state index in [0.29, 0.717) is 12.5 Å². The van der Waals surface area contributed by atoms with Gasteiger partial charge in [-0.3, -0.25) is 19.4 Å². The van der Waals surface area contributed by atoms with Crippen LogP contribution in [0.4, 0.5) is 5.95 Å². The summed E-state index contributed by atoms with van der Waals surface area (Å²) >= 11 is 0. The topological polar surface area (TPSA) is 70.1 Å². The number of H-pyrrole nitrogens is 1. The van der Waals surface area contributed by atoms with Crippen LogP contribution in [0.3, 0.4) is 0 Å². The lowest BCUT2D eigenvalue weighted by atomic mass is 10.0. The molecule has 26 heavy (non-hydrogen) atoms. The second kappa shape index (κ2) is 6.87. The van der Waals surface area contributed by atoms with Crippen LogP contribution < -0.4 is 10.5 Å². The van der Waals surface area contributed by atoms with E-state index in [1.165, 1.54) is 24.1 Å². The molecular formula is C19H28N6O. The summed E-state index contributed by atoms with van der Waals surface area (Å²) in [6.07, 6.45) is 5.18. The van der Waals surface area contributed by atoms with Crippen molar-refractivity contribution in [2.75, 3.05) is 24.5 Å². The Labute approximate surface area is 154 Å². The van der Waals surface area contributed by atoms with E-state index in [1.54, 1.807) is 0 Å². The zero-order valence-electron chi connectivity index (χ0n) is 16.0. The number of aromatic nitrogens is 4. The Bertz CT molecular complexity index is 854. The molecule has 4 heterocycles. The van der Waals surface area contributed by atoms with Crippen molar-refractivity contribution >= 4 is 5.95 Å². The van der Waals surface area contributed by atoms with Gasteiger partial charge in [0.15, 0.2) is 0 Å². The van der Waals surface area contributed by atoms with E-state index < -0.39 is 0 Å². The molecule has 0 amide bonds. The third kappa shape index (κ3) is 3.28. The molecule has 0 aliphatic carbocycles. The molecule has 0 radical (unpaired) electrons. The maximum Gasteiger partial charge on any atom is 0.257 e. The summed E-state index contributed by atoms with van der Waals surface area (Å²) in [7, 11) is 1.96. The smallest absolute Gasteiger partial charge is 0.257 e. The predicted molar refractivity (Wildman–Crippen MR) is 101 cm³/mol. The average molecular weight is 356 g/mol. The monoisotopic (exact) mass is 356 g/mol. The van der Waals surface area contributed by atoms with Crippen LogP contribution in [-0.2, 0) is 26.6 Å². The number of rotatable bonds is 3. The lowest BCUT2D eigenvalue weighted by Gasteiger charge is -2.33. The zero-order chi connectivity index (χ0) is 18.3. The number of hydrogen-bond acceptors (Lipinski definition) is 5. The van der Waals surface area contributed by atoms with E-state index in [-0.39, 0.29) is 5.56 Å². The van der Waals surface area contributed by atoms with Gasteiger partial charge in [-0.1, -0.05) is 6.92 Å². The summed E-state index contributed by atoms with van der Waals surface area (Å²) < 4.78 is 1.90. The van der Waals surface area contributed by atoms with Gasteiger partial charge < -0.3 is 4.90 Å². The van der Waals surface area contributed by atoms with Gasteiger partial charge in [0, 0.05) is 57.4 Å². The molecule has 2 aromatic rings. The standard InChI is InChI=1S/C19H28N6O/c1-13-5-4-7-25(10-13)19-21-17-6-8-24(12-16(17)18(26)22-19)11-15-9-20-23(3)14(15)2/h9,13H,4-8,10-12H2,1-3H3,(H,21,22,26). The zero-order valence-corrected chi connectivity index (χ0v) is 16.0. The molecule has 7 heteroatoms. The van der Waals surface area contributed by atoms with E-state index in [1.807, 2.05) is 17.9 Å². The largest absolute Gasteiger partial charge is 0.342 e. The summed E-state index contributed by atoms with van der Waals surface area (Å²) in [5, 5.41) is 4.32. The van der Waals surface area contributed by atoms with Crippen LogP contribution in [0.1, 0.15) is 42.3 Å². The fourth-order valence-electron chi connectivity index (χ4n) is 4.07. The highest BCUT2D eigenvalue weighted by Gasteiger charge is 2.25. The van der Waals surface area contributed by atoms with Crippen LogP contribution in [0.25, 0.3) is 0 Å². The van der Waals surface area contributed by atoms with Crippen LogP contribution in [0.15, 0.2) is 11.0 Å². The highest BCUT2D eigenvalue weighted by molar-refractivity contribution is 5.35. The number of fused-ring (bicyclic) bond motifs is 1. The van der Waals surface area contributed by atoms with E-state index in [2.05, 4.69) is 33.7 Å². The Hall–Kier alpha value is -2.15. The highest BCUT2D eigenvalue weighted by atomic mass is 16.1. The molecule has 2 aromatic heterocycles. The third-order valence-corrected chi connectivity index (χ3v) is 5.82. The summed E-state index contributed by atoms with van der Waals surface area (Å²) in [6.45, 7) is 8.72. The van der Waals surface area contributed by atoms with Crippen molar-refractivity contribution in [1.82, 2.24) is 24.6 Å². The number of anilines is 1. The van der Waals surface area contributed by atoms with Gasteiger partial charge in [-0.25, -0.2) is 4.98 Å². The Morgan fingerprint density at radius 2 is 2.19 bits per heavy atom. The van der Waals surface area contributed by atoms with Crippen LogP contribution in [0.2, 0.25) is 0 Å². The minimum absolute atomic E-state index is 0.0239. The molecule has 1 atom stereocenters. The maximum absolute atomic E-state index is 12.7. The van der Waals surface area contributed by atoms with Gasteiger partial charge in [0.1, 0.15) is 0 Å². The number of nitrogens with one attached hydrogen (secondary N) is 1. The Morgan fingerprint density at radius 3 is 2.92 bits per heavy atom. The molecule has 2 aliphatic rings. The first-order valence-corrected chi connectivity index (χ1v) is 9.58. The molecule has 0 spiro atoms. The molecule has 0 saturated carbocycles. The predicted octanol–water partition coefficient (Wildman–Crippen LogP) is 1.61. The van der Waals surface area contributed by atoms with Crippen molar-refractivity contribution in [2.24, 2.45) is 13.0 Å². The minimum atomic E-state index is 0.0239. The van der Waals surface area contributed by atoms with Crippen LogP contribution >= 0.6 is 0 Å². The number of aryl methyl sites for hydroxylation is 1. The summed E-state index contributed by atoms with van der Waals surface area (Å²) in [4.78, 5) is 25.1. The molecule has 1 N–H and O–H groups in total. The Morgan fingerprint density at radius 1 is 1.35 bits per heavy atom. The van der Waals surface area contributed by atoms with Gasteiger partial charge >= 0.3 is 0 Å². The Balaban J connectivity index is 1.53. The van der Waals surface area contributed by atoms with Crippen molar-refractivity contribution in [3.8, 4) is 0 Å². The van der Waals surface area contributed by atoms with Crippen molar-refractivity contribution in [3.63, 3.8) is 0 Å². The highest BCUT2D eigenvalue weighted by Crippen LogP contribution is 2.22. The molecule has 2 aliphatic heterocycles. The normalized spacial score (nSPS) is 21.0. The first-order chi connectivity index (χ1) is 12.5. The number of piperidine rings is 1. The summed E-state index contributed by atoms with van der Waals surface area (Å²) in [5.41, 5.74) is 4.22. The quantitative estimate of drug-likeness (QED) is 0.905. The molecule has 0 bridgehead atoms. The first kappa shape index (κ1) is 17.3. The molecule has 1 unspecified atom stereocenters. The van der Waals surface area contributed by atoms with Gasteiger partial charge in [0.25, 0.3) is 5.56 Å². The minimum Gasteiger partial charge on any atom is -0.342 e. The van der Waals surface area contributed by atoms with Crippen molar-refractivity contribution in [3.05, 3.63) is 39.1 Å². The average Bonchev–Trinajstić information content (AvgIpc) is 2.94.